The minimum Gasteiger partial charge on any atom is -0.369 e. The lowest BCUT2D eigenvalue weighted by molar-refractivity contribution is 0.313. The summed E-state index contributed by atoms with van der Waals surface area (Å²) in [6, 6.07) is 16.2. The van der Waals surface area contributed by atoms with Crippen LogP contribution in [0.15, 0.2) is 64.7 Å². The molecule has 1 aromatic heterocycles. The highest BCUT2D eigenvalue weighted by atomic mass is 19.1. The molecule has 0 aliphatic carbocycles. The van der Waals surface area contributed by atoms with Crippen molar-refractivity contribution in [3.05, 3.63) is 82.9 Å². The number of rotatable bonds is 3. The van der Waals surface area contributed by atoms with Crippen LogP contribution in [-0.2, 0) is 12.8 Å². The molecule has 160 valence electrons. The SMILES string of the molecule is CN1CCN(c2ccc3c(c2)CC(c2ccc4c(c2)CC(c2ccc(F)cn2)=N4)=N3)CC1. The van der Waals surface area contributed by atoms with Crippen LogP contribution in [0.1, 0.15) is 22.4 Å². The molecule has 0 saturated carbocycles. The van der Waals surface area contributed by atoms with E-state index in [1.807, 2.05) is 0 Å². The van der Waals surface area contributed by atoms with Crippen molar-refractivity contribution in [3.63, 3.8) is 0 Å². The normalized spacial score (nSPS) is 17.8. The van der Waals surface area contributed by atoms with Crippen LogP contribution in [0, 0.1) is 5.82 Å². The Balaban J connectivity index is 1.20. The first-order valence-corrected chi connectivity index (χ1v) is 11.1. The van der Waals surface area contributed by atoms with Crippen molar-refractivity contribution in [2.24, 2.45) is 9.98 Å². The van der Waals surface area contributed by atoms with E-state index in [4.69, 9.17) is 9.98 Å². The summed E-state index contributed by atoms with van der Waals surface area (Å²) in [6.45, 7) is 4.34. The second kappa shape index (κ2) is 7.64. The van der Waals surface area contributed by atoms with Crippen LogP contribution in [0.5, 0.6) is 0 Å². The predicted molar refractivity (Wildman–Crippen MR) is 127 cm³/mol. The zero-order valence-electron chi connectivity index (χ0n) is 18.1. The number of aromatic nitrogens is 1. The number of piperazine rings is 1. The van der Waals surface area contributed by atoms with Gasteiger partial charge < -0.3 is 9.80 Å². The molecule has 5 nitrogen and oxygen atoms in total. The summed E-state index contributed by atoms with van der Waals surface area (Å²) in [7, 11) is 2.18. The molecule has 6 heteroatoms. The standard InChI is InChI=1S/C26H24FN5/c1-31-8-10-32(11-9-31)21-4-7-23-19(13-21)14-25(29-23)17-2-5-22-18(12-17)15-26(30-22)24-6-3-20(27)16-28-24/h2-7,12-13,16H,8-11,14-15H2,1H3. The maximum absolute atomic E-state index is 13.2. The van der Waals surface area contributed by atoms with Gasteiger partial charge in [0.25, 0.3) is 0 Å². The van der Waals surface area contributed by atoms with Crippen LogP contribution in [0.25, 0.3) is 0 Å². The molecular formula is C26H24FN5. The zero-order valence-corrected chi connectivity index (χ0v) is 18.1. The number of aliphatic imine (C=N–C) groups is 2. The maximum atomic E-state index is 13.2. The molecule has 0 radical (unpaired) electrons. The van der Waals surface area contributed by atoms with E-state index >= 15 is 0 Å². The van der Waals surface area contributed by atoms with Crippen molar-refractivity contribution in [3.8, 4) is 0 Å². The largest absolute Gasteiger partial charge is 0.369 e. The van der Waals surface area contributed by atoms with Gasteiger partial charge in [-0.25, -0.2) is 4.39 Å². The topological polar surface area (TPSA) is 44.1 Å². The fourth-order valence-corrected chi connectivity index (χ4v) is 4.69. The third-order valence-corrected chi connectivity index (χ3v) is 6.59. The van der Waals surface area contributed by atoms with E-state index in [2.05, 4.69) is 58.2 Å². The average molecular weight is 426 g/mol. The molecule has 3 aliphatic rings. The summed E-state index contributed by atoms with van der Waals surface area (Å²) in [5, 5.41) is 0. The van der Waals surface area contributed by atoms with Crippen LogP contribution < -0.4 is 4.90 Å². The minimum atomic E-state index is -0.332. The molecule has 1 saturated heterocycles. The number of hydrogen-bond donors (Lipinski definition) is 0. The molecule has 0 atom stereocenters. The number of likely N-dealkylation sites (N-methyl/N-ethyl adjacent to an activating group) is 1. The number of hydrogen-bond acceptors (Lipinski definition) is 5. The number of benzene rings is 2. The van der Waals surface area contributed by atoms with Gasteiger partial charge in [-0.15, -0.1) is 0 Å². The first-order chi connectivity index (χ1) is 15.6. The highest BCUT2D eigenvalue weighted by Gasteiger charge is 2.22. The average Bonchev–Trinajstić information content (AvgIpc) is 3.43. The lowest BCUT2D eigenvalue weighted by Crippen LogP contribution is -2.44. The molecule has 0 unspecified atom stereocenters. The summed E-state index contributed by atoms with van der Waals surface area (Å²) in [6.07, 6.45) is 2.80. The number of anilines is 1. The van der Waals surface area contributed by atoms with Crippen molar-refractivity contribution in [2.75, 3.05) is 38.1 Å². The van der Waals surface area contributed by atoms with Gasteiger partial charge >= 0.3 is 0 Å². The molecule has 0 spiro atoms. The van der Waals surface area contributed by atoms with Crippen LogP contribution in [0.3, 0.4) is 0 Å². The van der Waals surface area contributed by atoms with E-state index in [1.54, 1.807) is 6.07 Å². The molecule has 3 aliphatic heterocycles. The Morgan fingerprint density at radius 2 is 1.50 bits per heavy atom. The van der Waals surface area contributed by atoms with Gasteiger partial charge in [0.05, 0.1) is 34.7 Å². The number of fused-ring (bicyclic) bond motifs is 2. The Hall–Kier alpha value is -3.38. The quantitative estimate of drug-likeness (QED) is 0.628. The van der Waals surface area contributed by atoms with Gasteiger partial charge in [0.1, 0.15) is 5.82 Å². The van der Waals surface area contributed by atoms with Gasteiger partial charge in [0.2, 0.25) is 0 Å². The molecule has 0 amide bonds. The molecule has 0 N–H and O–H groups in total. The highest BCUT2D eigenvalue weighted by molar-refractivity contribution is 6.09. The molecule has 2 aromatic carbocycles. The summed E-state index contributed by atoms with van der Waals surface area (Å²) in [5.74, 6) is -0.332. The Bertz CT molecular complexity index is 1250. The van der Waals surface area contributed by atoms with Crippen LogP contribution in [0.4, 0.5) is 21.5 Å². The van der Waals surface area contributed by atoms with Crippen LogP contribution in [-0.4, -0.2) is 54.5 Å². The molecule has 0 bridgehead atoms. The predicted octanol–water partition coefficient (Wildman–Crippen LogP) is 4.33. The second-order valence-electron chi connectivity index (χ2n) is 8.78. The smallest absolute Gasteiger partial charge is 0.141 e. The van der Waals surface area contributed by atoms with Crippen molar-refractivity contribution in [1.29, 1.82) is 0 Å². The number of halogens is 1. The molecule has 1 fully saturated rings. The monoisotopic (exact) mass is 425 g/mol. The summed E-state index contributed by atoms with van der Waals surface area (Å²) in [5.41, 5.74) is 9.65. The summed E-state index contributed by atoms with van der Waals surface area (Å²) in [4.78, 5) is 18.7. The molecule has 4 heterocycles. The summed E-state index contributed by atoms with van der Waals surface area (Å²) >= 11 is 0. The van der Waals surface area contributed by atoms with E-state index in [0.29, 0.717) is 6.42 Å². The zero-order chi connectivity index (χ0) is 21.7. The Morgan fingerprint density at radius 1 is 0.781 bits per heavy atom. The van der Waals surface area contributed by atoms with E-state index in [-0.39, 0.29) is 5.82 Å². The van der Waals surface area contributed by atoms with Crippen molar-refractivity contribution in [2.45, 2.75) is 12.8 Å². The molecule has 6 rings (SSSR count). The van der Waals surface area contributed by atoms with E-state index in [1.165, 1.54) is 29.1 Å². The highest BCUT2D eigenvalue weighted by Crippen LogP contribution is 2.35. The first kappa shape index (κ1) is 19.3. The van der Waals surface area contributed by atoms with Gasteiger partial charge in [0.15, 0.2) is 0 Å². The van der Waals surface area contributed by atoms with Gasteiger partial charge in [0, 0.05) is 44.7 Å². The van der Waals surface area contributed by atoms with Crippen LogP contribution in [0.2, 0.25) is 0 Å². The third kappa shape index (κ3) is 3.50. The Kier molecular flexibility index (Phi) is 4.61. The van der Waals surface area contributed by atoms with Gasteiger partial charge in [-0.1, -0.05) is 6.07 Å². The van der Waals surface area contributed by atoms with E-state index < -0.39 is 0 Å². The first-order valence-electron chi connectivity index (χ1n) is 11.1. The van der Waals surface area contributed by atoms with Gasteiger partial charge in [-0.3, -0.25) is 15.0 Å². The van der Waals surface area contributed by atoms with Crippen molar-refractivity contribution < 1.29 is 4.39 Å². The summed E-state index contributed by atoms with van der Waals surface area (Å²) < 4.78 is 13.2. The molecular weight excluding hydrogens is 401 g/mol. The van der Waals surface area contributed by atoms with Gasteiger partial charge in [-0.05, 0) is 66.2 Å². The fraction of sp³-hybridized carbons (Fsp3) is 0.269. The maximum Gasteiger partial charge on any atom is 0.141 e. The molecule has 3 aromatic rings. The molecule has 32 heavy (non-hydrogen) atoms. The van der Waals surface area contributed by atoms with E-state index in [0.717, 1.165) is 66.7 Å². The van der Waals surface area contributed by atoms with Gasteiger partial charge in [-0.2, -0.15) is 0 Å². The second-order valence-corrected chi connectivity index (χ2v) is 8.78. The fourth-order valence-electron chi connectivity index (χ4n) is 4.69. The third-order valence-electron chi connectivity index (χ3n) is 6.59. The lowest BCUT2D eigenvalue weighted by atomic mass is 9.99. The Morgan fingerprint density at radius 3 is 2.28 bits per heavy atom. The van der Waals surface area contributed by atoms with E-state index in [9.17, 15) is 4.39 Å². The lowest BCUT2D eigenvalue weighted by Gasteiger charge is -2.34. The van der Waals surface area contributed by atoms with Crippen molar-refractivity contribution in [1.82, 2.24) is 9.88 Å². The minimum absolute atomic E-state index is 0.332. The Labute approximate surface area is 187 Å². The number of nitrogens with zero attached hydrogens (tertiary/aromatic N) is 5. The van der Waals surface area contributed by atoms with Crippen LogP contribution >= 0.6 is 0 Å². The number of pyridine rings is 1. The van der Waals surface area contributed by atoms with Crippen molar-refractivity contribution >= 4 is 28.5 Å².